The molecule has 1 atom stereocenters. The van der Waals surface area contributed by atoms with Gasteiger partial charge in [0.15, 0.2) is 0 Å². The number of nitrogens with one attached hydrogen (secondary N) is 3. The van der Waals surface area contributed by atoms with Gasteiger partial charge in [-0.3, -0.25) is 4.79 Å². The topological polar surface area (TPSA) is 70.2 Å². The van der Waals surface area contributed by atoms with Crippen LogP contribution in [0.4, 0.5) is 29.3 Å². The van der Waals surface area contributed by atoms with E-state index >= 15 is 0 Å². The van der Waals surface area contributed by atoms with Gasteiger partial charge in [-0.2, -0.15) is 13.2 Å². The van der Waals surface area contributed by atoms with E-state index < -0.39 is 17.8 Å². The van der Waals surface area contributed by atoms with Crippen LogP contribution in [0.1, 0.15) is 23.5 Å². The van der Waals surface area contributed by atoms with E-state index in [4.69, 9.17) is 0 Å². The Hall–Kier alpha value is -3.03. The Morgan fingerprint density at radius 1 is 1.08 bits per heavy atom. The average Bonchev–Trinajstić information content (AvgIpc) is 2.90. The van der Waals surface area contributed by atoms with Gasteiger partial charge in [-0.15, -0.1) is 0 Å². The molecule has 1 aliphatic heterocycles. The van der Waals surface area contributed by atoms with E-state index in [2.05, 4.69) is 16.0 Å². The molecule has 0 fully saturated rings. The summed E-state index contributed by atoms with van der Waals surface area (Å²) in [6.45, 7) is 0.249. The molecule has 136 valence electrons. The number of rotatable bonds is 4. The van der Waals surface area contributed by atoms with Crippen LogP contribution in [0, 0.1) is 0 Å². The van der Waals surface area contributed by atoms with Gasteiger partial charge in [-0.1, -0.05) is 18.2 Å². The van der Waals surface area contributed by atoms with Crippen LogP contribution in [0.25, 0.3) is 0 Å². The number of fused-ring (bicyclic) bond motifs is 1. The van der Waals surface area contributed by atoms with Crippen molar-refractivity contribution in [3.63, 3.8) is 0 Å². The van der Waals surface area contributed by atoms with E-state index in [-0.39, 0.29) is 24.1 Å². The molecule has 0 saturated carbocycles. The number of benzene rings is 2. The largest absolute Gasteiger partial charge is 0.416 e. The Labute approximate surface area is 147 Å². The van der Waals surface area contributed by atoms with E-state index in [1.54, 1.807) is 0 Å². The number of hydrogen-bond acceptors (Lipinski definition) is 2. The summed E-state index contributed by atoms with van der Waals surface area (Å²) >= 11 is 0. The van der Waals surface area contributed by atoms with Crippen LogP contribution in [0.15, 0.2) is 48.5 Å². The molecule has 0 saturated heterocycles. The van der Waals surface area contributed by atoms with Crippen molar-refractivity contribution in [2.24, 2.45) is 0 Å². The van der Waals surface area contributed by atoms with Gasteiger partial charge in [-0.05, 0) is 42.3 Å². The van der Waals surface area contributed by atoms with Gasteiger partial charge < -0.3 is 16.0 Å². The predicted octanol–water partition coefficient (Wildman–Crippen LogP) is 3.95. The number of anilines is 2. The zero-order valence-corrected chi connectivity index (χ0v) is 13.6. The number of hydrogen-bond donors (Lipinski definition) is 3. The maximum Gasteiger partial charge on any atom is 0.416 e. The molecule has 3 amide bonds. The molecule has 0 radical (unpaired) electrons. The molecular formula is C18H16F3N3O2. The number of halogens is 3. The van der Waals surface area contributed by atoms with Crippen molar-refractivity contribution in [1.82, 2.24) is 5.32 Å². The second-order valence-electron chi connectivity index (χ2n) is 5.87. The minimum atomic E-state index is -4.42. The van der Waals surface area contributed by atoms with Crippen LogP contribution in [-0.4, -0.2) is 18.5 Å². The molecule has 0 aliphatic carbocycles. The first-order valence-electron chi connectivity index (χ1n) is 7.96. The lowest BCUT2D eigenvalue weighted by atomic mass is 9.97. The zero-order chi connectivity index (χ0) is 18.7. The third-order valence-electron chi connectivity index (χ3n) is 4.10. The Kier molecular flexibility index (Phi) is 4.83. The summed E-state index contributed by atoms with van der Waals surface area (Å²) in [5.41, 5.74) is 1.13. The highest BCUT2D eigenvalue weighted by Gasteiger charge is 2.30. The Bertz CT molecular complexity index is 819. The molecular weight excluding hydrogens is 347 g/mol. The Morgan fingerprint density at radius 3 is 2.46 bits per heavy atom. The molecule has 3 N–H and O–H groups in total. The summed E-state index contributed by atoms with van der Waals surface area (Å²) < 4.78 is 37.5. The number of alkyl halides is 3. The molecule has 26 heavy (non-hydrogen) atoms. The van der Waals surface area contributed by atoms with Crippen LogP contribution < -0.4 is 16.0 Å². The standard InChI is InChI=1S/C18H16F3N3O2/c19-18(20,21)11-5-7-12(8-6-11)23-17(26)22-10-9-14-13-3-1-2-4-15(13)24-16(14)25/h1-8,14H,9-10H2,(H,24,25)(H2,22,23,26). The van der Waals surface area contributed by atoms with Gasteiger partial charge in [0.2, 0.25) is 5.91 Å². The van der Waals surface area contributed by atoms with Crippen LogP contribution in [0.2, 0.25) is 0 Å². The molecule has 1 heterocycles. The molecule has 1 unspecified atom stereocenters. The van der Waals surface area contributed by atoms with Crippen LogP contribution >= 0.6 is 0 Å². The number of para-hydroxylation sites is 1. The normalized spacial score (nSPS) is 16.0. The molecule has 0 bridgehead atoms. The minimum Gasteiger partial charge on any atom is -0.338 e. The Balaban J connectivity index is 1.50. The average molecular weight is 363 g/mol. The smallest absolute Gasteiger partial charge is 0.338 e. The van der Waals surface area contributed by atoms with E-state index in [9.17, 15) is 22.8 Å². The van der Waals surface area contributed by atoms with Gasteiger partial charge >= 0.3 is 12.2 Å². The summed E-state index contributed by atoms with van der Waals surface area (Å²) in [6, 6.07) is 11.0. The fourth-order valence-corrected chi connectivity index (χ4v) is 2.81. The van der Waals surface area contributed by atoms with Gasteiger partial charge in [0.25, 0.3) is 0 Å². The monoisotopic (exact) mass is 363 g/mol. The molecule has 5 nitrogen and oxygen atoms in total. The first kappa shape index (κ1) is 17.8. The van der Waals surface area contributed by atoms with Crippen LogP contribution in [0.3, 0.4) is 0 Å². The number of carbonyl (C=O) groups excluding carboxylic acids is 2. The number of urea groups is 1. The van der Waals surface area contributed by atoms with Crippen molar-refractivity contribution in [2.45, 2.75) is 18.5 Å². The van der Waals surface area contributed by atoms with Crippen molar-refractivity contribution in [1.29, 1.82) is 0 Å². The van der Waals surface area contributed by atoms with E-state index in [1.165, 1.54) is 12.1 Å². The van der Waals surface area contributed by atoms with Gasteiger partial charge in [0.1, 0.15) is 0 Å². The summed E-state index contributed by atoms with van der Waals surface area (Å²) in [5.74, 6) is -0.450. The second kappa shape index (κ2) is 7.07. The molecule has 0 aromatic heterocycles. The SMILES string of the molecule is O=C(NCCC1C(=O)Nc2ccccc21)Nc1ccc(C(F)(F)F)cc1. The maximum absolute atomic E-state index is 12.5. The third-order valence-corrected chi connectivity index (χ3v) is 4.10. The quantitative estimate of drug-likeness (QED) is 0.770. The van der Waals surface area contributed by atoms with Crippen molar-refractivity contribution in [3.8, 4) is 0 Å². The highest BCUT2D eigenvalue weighted by atomic mass is 19.4. The van der Waals surface area contributed by atoms with Crippen LogP contribution in [0.5, 0.6) is 0 Å². The number of carbonyl (C=O) groups is 2. The number of amides is 3. The Morgan fingerprint density at radius 2 is 1.77 bits per heavy atom. The lowest BCUT2D eigenvalue weighted by molar-refractivity contribution is -0.137. The van der Waals surface area contributed by atoms with E-state index in [0.717, 1.165) is 23.4 Å². The van der Waals surface area contributed by atoms with Gasteiger partial charge in [0.05, 0.1) is 11.5 Å². The molecule has 8 heteroatoms. The van der Waals surface area contributed by atoms with Crippen molar-refractivity contribution in [2.75, 3.05) is 17.2 Å². The van der Waals surface area contributed by atoms with Crippen molar-refractivity contribution >= 4 is 23.3 Å². The first-order valence-corrected chi connectivity index (χ1v) is 7.96. The third kappa shape index (κ3) is 3.96. The molecule has 0 spiro atoms. The summed E-state index contributed by atoms with van der Waals surface area (Å²) in [6.07, 6.45) is -4.00. The molecule has 2 aromatic carbocycles. The minimum absolute atomic E-state index is 0.115. The zero-order valence-electron chi connectivity index (χ0n) is 13.6. The highest BCUT2D eigenvalue weighted by molar-refractivity contribution is 6.02. The highest BCUT2D eigenvalue weighted by Crippen LogP contribution is 2.34. The first-order chi connectivity index (χ1) is 12.3. The predicted molar refractivity (Wildman–Crippen MR) is 90.9 cm³/mol. The fourth-order valence-electron chi connectivity index (χ4n) is 2.81. The maximum atomic E-state index is 12.5. The van der Waals surface area contributed by atoms with Crippen molar-refractivity contribution in [3.05, 3.63) is 59.7 Å². The van der Waals surface area contributed by atoms with E-state index in [1.807, 2.05) is 24.3 Å². The summed E-state index contributed by atoms with van der Waals surface area (Å²) in [7, 11) is 0. The molecule has 2 aromatic rings. The summed E-state index contributed by atoms with van der Waals surface area (Å²) in [4.78, 5) is 23.8. The molecule has 1 aliphatic rings. The lowest BCUT2D eigenvalue weighted by Gasteiger charge is -2.11. The van der Waals surface area contributed by atoms with Gasteiger partial charge in [0, 0.05) is 17.9 Å². The lowest BCUT2D eigenvalue weighted by Crippen LogP contribution is -2.31. The fraction of sp³-hybridized carbons (Fsp3) is 0.222. The van der Waals surface area contributed by atoms with Crippen LogP contribution in [-0.2, 0) is 11.0 Å². The van der Waals surface area contributed by atoms with Gasteiger partial charge in [-0.25, -0.2) is 4.79 Å². The summed E-state index contributed by atoms with van der Waals surface area (Å²) in [5, 5.41) is 7.84. The van der Waals surface area contributed by atoms with E-state index in [0.29, 0.717) is 6.42 Å². The van der Waals surface area contributed by atoms with Crippen molar-refractivity contribution < 1.29 is 22.8 Å². The molecule has 3 rings (SSSR count). The second-order valence-corrected chi connectivity index (χ2v) is 5.87.